The predicted octanol–water partition coefficient (Wildman–Crippen LogP) is 2.48. The molecule has 4 aromatic rings. The van der Waals surface area contributed by atoms with Crippen LogP contribution in [0, 0.1) is 0 Å². The summed E-state index contributed by atoms with van der Waals surface area (Å²) in [7, 11) is 1.75. The van der Waals surface area contributed by atoms with Crippen LogP contribution in [0.1, 0.15) is 16.3 Å². The first-order chi connectivity index (χ1) is 11.2. The number of nitrogens with zero attached hydrogens (tertiary/aromatic N) is 4. The molecule has 6 heteroatoms. The molecule has 4 rings (SSSR count). The van der Waals surface area contributed by atoms with E-state index in [0.29, 0.717) is 12.2 Å². The SMILES string of the molecule is CN(Cc1nc2ccccc2[nH]1)C(=O)c1cn2ccccc2n1. The molecule has 1 aromatic carbocycles. The van der Waals surface area contributed by atoms with Gasteiger partial charge in [-0.3, -0.25) is 4.79 Å². The lowest BCUT2D eigenvalue weighted by atomic mass is 10.3. The standard InChI is InChI=1S/C17H15N5O/c1-21(11-15-18-12-6-2-3-7-13(12)19-15)17(23)14-10-22-9-5-4-8-16(22)20-14/h2-10H,11H2,1H3,(H,18,19). The molecule has 0 aliphatic rings. The van der Waals surface area contributed by atoms with Crippen LogP contribution in [0.2, 0.25) is 0 Å². The van der Waals surface area contributed by atoms with Crippen LogP contribution in [0.5, 0.6) is 0 Å². The van der Waals surface area contributed by atoms with E-state index in [1.807, 2.05) is 53.1 Å². The van der Waals surface area contributed by atoms with E-state index in [1.54, 1.807) is 18.1 Å². The third kappa shape index (κ3) is 2.44. The maximum atomic E-state index is 12.5. The van der Waals surface area contributed by atoms with Gasteiger partial charge in [0.1, 0.15) is 17.2 Å². The number of pyridine rings is 1. The fourth-order valence-corrected chi connectivity index (χ4v) is 2.61. The van der Waals surface area contributed by atoms with Gasteiger partial charge in [-0.15, -0.1) is 0 Å². The van der Waals surface area contributed by atoms with E-state index < -0.39 is 0 Å². The maximum absolute atomic E-state index is 12.5. The number of amides is 1. The molecule has 1 N–H and O–H groups in total. The number of nitrogens with one attached hydrogen (secondary N) is 1. The largest absolute Gasteiger partial charge is 0.340 e. The fourth-order valence-electron chi connectivity index (χ4n) is 2.61. The Morgan fingerprint density at radius 2 is 2.00 bits per heavy atom. The van der Waals surface area contributed by atoms with Crippen molar-refractivity contribution in [2.24, 2.45) is 0 Å². The molecule has 0 bridgehead atoms. The summed E-state index contributed by atoms with van der Waals surface area (Å²) in [6, 6.07) is 13.5. The fraction of sp³-hybridized carbons (Fsp3) is 0.118. The number of aromatic nitrogens is 4. The van der Waals surface area contributed by atoms with Crippen LogP contribution in [0.3, 0.4) is 0 Å². The van der Waals surface area contributed by atoms with E-state index in [0.717, 1.165) is 22.5 Å². The zero-order valence-corrected chi connectivity index (χ0v) is 12.6. The number of para-hydroxylation sites is 2. The Morgan fingerprint density at radius 3 is 2.83 bits per heavy atom. The van der Waals surface area contributed by atoms with Gasteiger partial charge in [0.15, 0.2) is 0 Å². The molecule has 3 aromatic heterocycles. The van der Waals surface area contributed by atoms with E-state index in [1.165, 1.54) is 0 Å². The molecule has 3 heterocycles. The van der Waals surface area contributed by atoms with Crippen LogP contribution in [0.25, 0.3) is 16.7 Å². The van der Waals surface area contributed by atoms with Gasteiger partial charge in [0.2, 0.25) is 0 Å². The predicted molar refractivity (Wildman–Crippen MR) is 87.1 cm³/mol. The summed E-state index contributed by atoms with van der Waals surface area (Å²) < 4.78 is 1.84. The molecule has 0 aliphatic carbocycles. The van der Waals surface area contributed by atoms with Gasteiger partial charge in [-0.25, -0.2) is 9.97 Å². The normalized spacial score (nSPS) is 11.2. The molecule has 0 aliphatic heterocycles. The molecule has 0 spiro atoms. The molecular formula is C17H15N5O. The summed E-state index contributed by atoms with van der Waals surface area (Å²) in [4.78, 5) is 26.2. The number of hydrogen-bond acceptors (Lipinski definition) is 3. The highest BCUT2D eigenvalue weighted by Crippen LogP contribution is 2.13. The molecule has 114 valence electrons. The lowest BCUT2D eigenvalue weighted by Crippen LogP contribution is -2.27. The first-order valence-electron chi connectivity index (χ1n) is 7.33. The Bertz CT molecular complexity index is 934. The van der Waals surface area contributed by atoms with Crippen molar-refractivity contribution in [3.63, 3.8) is 0 Å². The lowest BCUT2D eigenvalue weighted by molar-refractivity contribution is 0.0777. The summed E-state index contributed by atoms with van der Waals surface area (Å²) in [6.07, 6.45) is 3.62. The van der Waals surface area contributed by atoms with Crippen LogP contribution in [-0.2, 0) is 6.54 Å². The van der Waals surface area contributed by atoms with E-state index in [2.05, 4.69) is 15.0 Å². The minimum Gasteiger partial charge on any atom is -0.340 e. The van der Waals surface area contributed by atoms with Gasteiger partial charge in [-0.2, -0.15) is 0 Å². The van der Waals surface area contributed by atoms with Crippen molar-refractivity contribution >= 4 is 22.6 Å². The number of benzene rings is 1. The van der Waals surface area contributed by atoms with Crippen LogP contribution in [0.15, 0.2) is 54.9 Å². The summed E-state index contributed by atoms with van der Waals surface area (Å²) >= 11 is 0. The molecule has 23 heavy (non-hydrogen) atoms. The van der Waals surface area contributed by atoms with Crippen molar-refractivity contribution in [3.8, 4) is 0 Å². The quantitative estimate of drug-likeness (QED) is 0.632. The highest BCUT2D eigenvalue weighted by atomic mass is 16.2. The van der Waals surface area contributed by atoms with Crippen molar-refractivity contribution in [1.82, 2.24) is 24.3 Å². The van der Waals surface area contributed by atoms with Crippen molar-refractivity contribution < 1.29 is 4.79 Å². The van der Waals surface area contributed by atoms with Gasteiger partial charge in [0.05, 0.1) is 17.6 Å². The summed E-state index contributed by atoms with van der Waals surface area (Å²) in [5.41, 5.74) is 3.05. The number of hydrogen-bond donors (Lipinski definition) is 1. The number of carbonyl (C=O) groups excluding carboxylic acids is 1. The second kappa shape index (κ2) is 5.24. The molecule has 0 fully saturated rings. The number of carbonyl (C=O) groups is 1. The zero-order chi connectivity index (χ0) is 15.8. The molecule has 0 saturated carbocycles. The highest BCUT2D eigenvalue weighted by molar-refractivity contribution is 5.92. The lowest BCUT2D eigenvalue weighted by Gasteiger charge is -2.13. The number of rotatable bonds is 3. The molecule has 0 saturated heterocycles. The minimum absolute atomic E-state index is 0.130. The Labute approximate surface area is 132 Å². The molecular weight excluding hydrogens is 290 g/mol. The number of aromatic amines is 1. The number of fused-ring (bicyclic) bond motifs is 2. The van der Waals surface area contributed by atoms with Crippen molar-refractivity contribution in [1.29, 1.82) is 0 Å². The van der Waals surface area contributed by atoms with E-state index >= 15 is 0 Å². The summed E-state index contributed by atoms with van der Waals surface area (Å²) in [6.45, 7) is 0.404. The Kier molecular flexibility index (Phi) is 3.08. The number of imidazole rings is 2. The Morgan fingerprint density at radius 1 is 1.17 bits per heavy atom. The second-order valence-electron chi connectivity index (χ2n) is 5.45. The maximum Gasteiger partial charge on any atom is 0.274 e. The van der Waals surface area contributed by atoms with Gasteiger partial charge in [-0.05, 0) is 24.3 Å². The summed E-state index contributed by atoms with van der Waals surface area (Å²) in [5, 5.41) is 0. The topological polar surface area (TPSA) is 66.3 Å². The van der Waals surface area contributed by atoms with Crippen LogP contribution in [0.4, 0.5) is 0 Å². The van der Waals surface area contributed by atoms with Crippen LogP contribution < -0.4 is 0 Å². The van der Waals surface area contributed by atoms with Gasteiger partial charge in [0.25, 0.3) is 5.91 Å². The summed E-state index contributed by atoms with van der Waals surface area (Å²) in [5.74, 6) is 0.625. The molecule has 0 atom stereocenters. The van der Waals surface area contributed by atoms with Crippen LogP contribution >= 0.6 is 0 Å². The number of H-pyrrole nitrogens is 1. The third-order valence-corrected chi connectivity index (χ3v) is 3.76. The van der Waals surface area contributed by atoms with Gasteiger partial charge in [-0.1, -0.05) is 18.2 Å². The van der Waals surface area contributed by atoms with Gasteiger partial charge in [0, 0.05) is 19.4 Å². The highest BCUT2D eigenvalue weighted by Gasteiger charge is 2.17. The Balaban J connectivity index is 1.57. The minimum atomic E-state index is -0.130. The van der Waals surface area contributed by atoms with Crippen molar-refractivity contribution in [2.45, 2.75) is 6.54 Å². The van der Waals surface area contributed by atoms with E-state index in [4.69, 9.17) is 0 Å². The average molecular weight is 305 g/mol. The van der Waals surface area contributed by atoms with E-state index in [9.17, 15) is 4.79 Å². The second-order valence-corrected chi connectivity index (χ2v) is 5.45. The molecule has 0 radical (unpaired) electrons. The van der Waals surface area contributed by atoms with Gasteiger partial charge >= 0.3 is 0 Å². The van der Waals surface area contributed by atoms with Crippen LogP contribution in [-0.4, -0.2) is 37.2 Å². The monoisotopic (exact) mass is 305 g/mol. The molecule has 0 unspecified atom stereocenters. The first kappa shape index (κ1) is 13.5. The van der Waals surface area contributed by atoms with Crippen molar-refractivity contribution in [2.75, 3.05) is 7.05 Å². The Hall–Kier alpha value is -3.15. The zero-order valence-electron chi connectivity index (χ0n) is 12.6. The third-order valence-electron chi connectivity index (χ3n) is 3.76. The molecule has 6 nitrogen and oxygen atoms in total. The average Bonchev–Trinajstić information content (AvgIpc) is 3.16. The van der Waals surface area contributed by atoms with Crippen molar-refractivity contribution in [3.05, 3.63) is 66.4 Å². The molecule has 1 amide bonds. The first-order valence-corrected chi connectivity index (χ1v) is 7.33. The smallest absolute Gasteiger partial charge is 0.274 e. The van der Waals surface area contributed by atoms with E-state index in [-0.39, 0.29) is 5.91 Å². The van der Waals surface area contributed by atoms with Gasteiger partial charge < -0.3 is 14.3 Å².